The lowest BCUT2D eigenvalue weighted by molar-refractivity contribution is -0.165. The van der Waals surface area contributed by atoms with Crippen LogP contribution < -0.4 is 0 Å². The number of rotatable bonds is 12. The maximum Gasteiger partial charge on any atom is 0.293 e. The topological polar surface area (TPSA) is 61.8 Å². The van der Waals surface area contributed by atoms with Gasteiger partial charge in [-0.2, -0.15) is 0 Å². The standard InChI is InChI=1S/C25H24O5/c26-16-23(28-17-20-10-4-1-5-11-20)25(30-19-27)24(22-14-8-3-9-15-22)29-18-21-12-6-2-7-13-21/h1-16,19,23-25H,17-18H2/t23-,24-,25+/m1/s1. The van der Waals surface area contributed by atoms with E-state index in [0.717, 1.165) is 16.7 Å². The molecule has 30 heavy (non-hydrogen) atoms. The largest absolute Gasteiger partial charge is 0.458 e. The Bertz CT molecular complexity index is 883. The first-order valence-electron chi connectivity index (χ1n) is 9.72. The monoisotopic (exact) mass is 404 g/mol. The highest BCUT2D eigenvalue weighted by atomic mass is 16.6. The zero-order chi connectivity index (χ0) is 21.0. The fraction of sp³-hybridized carbons (Fsp3) is 0.200. The summed E-state index contributed by atoms with van der Waals surface area (Å²) in [5.41, 5.74) is 2.67. The summed E-state index contributed by atoms with van der Waals surface area (Å²) < 4.78 is 17.3. The van der Waals surface area contributed by atoms with Gasteiger partial charge in [0, 0.05) is 0 Å². The van der Waals surface area contributed by atoms with Gasteiger partial charge in [0.15, 0.2) is 18.5 Å². The van der Waals surface area contributed by atoms with Crippen LogP contribution in [0.4, 0.5) is 0 Å². The van der Waals surface area contributed by atoms with E-state index in [1.807, 2.05) is 91.0 Å². The van der Waals surface area contributed by atoms with Crippen molar-refractivity contribution in [2.75, 3.05) is 0 Å². The average Bonchev–Trinajstić information content (AvgIpc) is 2.81. The number of carbonyl (C=O) groups excluding carboxylic acids is 2. The molecule has 0 saturated heterocycles. The Kier molecular flexibility index (Phi) is 8.33. The Morgan fingerprint density at radius 2 is 1.17 bits per heavy atom. The van der Waals surface area contributed by atoms with E-state index in [-0.39, 0.29) is 6.61 Å². The van der Waals surface area contributed by atoms with Gasteiger partial charge in [-0.15, -0.1) is 0 Å². The summed E-state index contributed by atoms with van der Waals surface area (Å²) in [5.74, 6) is 0. The highest BCUT2D eigenvalue weighted by Crippen LogP contribution is 2.28. The van der Waals surface area contributed by atoms with E-state index in [1.54, 1.807) is 0 Å². The Morgan fingerprint density at radius 3 is 1.67 bits per heavy atom. The second kappa shape index (κ2) is 11.7. The highest BCUT2D eigenvalue weighted by Gasteiger charge is 2.34. The molecule has 5 heteroatoms. The molecule has 0 aliphatic rings. The second-order valence-electron chi connectivity index (χ2n) is 6.72. The van der Waals surface area contributed by atoms with Gasteiger partial charge in [0.05, 0.1) is 13.2 Å². The molecule has 0 aromatic heterocycles. The van der Waals surface area contributed by atoms with Crippen LogP contribution in [-0.2, 0) is 37.0 Å². The lowest BCUT2D eigenvalue weighted by atomic mass is 10.00. The molecule has 3 rings (SSSR count). The third-order valence-electron chi connectivity index (χ3n) is 4.65. The Balaban J connectivity index is 1.81. The van der Waals surface area contributed by atoms with Crippen LogP contribution in [0, 0.1) is 0 Å². The van der Waals surface area contributed by atoms with Crippen LogP contribution in [0.3, 0.4) is 0 Å². The van der Waals surface area contributed by atoms with E-state index in [9.17, 15) is 9.59 Å². The van der Waals surface area contributed by atoms with Gasteiger partial charge in [-0.05, 0) is 16.7 Å². The minimum Gasteiger partial charge on any atom is -0.458 e. The van der Waals surface area contributed by atoms with Gasteiger partial charge in [0.1, 0.15) is 6.10 Å². The normalized spacial score (nSPS) is 13.7. The van der Waals surface area contributed by atoms with Gasteiger partial charge < -0.3 is 19.0 Å². The SMILES string of the molecule is O=CO[C@H]([C@H](OCc1ccccc1)c1ccccc1)[C@@H](C=O)OCc1ccccc1. The fourth-order valence-corrected chi connectivity index (χ4v) is 3.15. The van der Waals surface area contributed by atoms with E-state index in [2.05, 4.69) is 0 Å². The molecule has 0 unspecified atom stereocenters. The molecule has 0 spiro atoms. The number of carbonyl (C=O) groups is 2. The number of hydrogen-bond acceptors (Lipinski definition) is 5. The molecular formula is C25H24O5. The maximum absolute atomic E-state index is 11.9. The third kappa shape index (κ3) is 6.11. The summed E-state index contributed by atoms with van der Waals surface area (Å²) in [6.07, 6.45) is -1.95. The average molecular weight is 404 g/mol. The Hall–Kier alpha value is -3.28. The molecule has 0 amide bonds. The van der Waals surface area contributed by atoms with Crippen LogP contribution in [0.1, 0.15) is 22.8 Å². The Morgan fingerprint density at radius 1 is 0.667 bits per heavy atom. The first-order chi connectivity index (χ1) is 14.8. The van der Waals surface area contributed by atoms with Crippen LogP contribution in [0.5, 0.6) is 0 Å². The van der Waals surface area contributed by atoms with Gasteiger partial charge >= 0.3 is 0 Å². The summed E-state index contributed by atoms with van der Waals surface area (Å²) in [6.45, 7) is 0.835. The van der Waals surface area contributed by atoms with Crippen molar-refractivity contribution in [3.8, 4) is 0 Å². The van der Waals surface area contributed by atoms with Crippen molar-refractivity contribution < 1.29 is 23.8 Å². The number of aldehydes is 1. The van der Waals surface area contributed by atoms with Gasteiger partial charge in [0.2, 0.25) is 0 Å². The summed E-state index contributed by atoms with van der Waals surface area (Å²) in [7, 11) is 0. The van der Waals surface area contributed by atoms with Gasteiger partial charge in [-0.1, -0.05) is 91.0 Å². The van der Waals surface area contributed by atoms with Gasteiger partial charge in [-0.3, -0.25) is 4.79 Å². The molecule has 0 aliphatic carbocycles. The van der Waals surface area contributed by atoms with Crippen molar-refractivity contribution in [3.63, 3.8) is 0 Å². The van der Waals surface area contributed by atoms with Crippen LogP contribution in [0.15, 0.2) is 91.0 Å². The molecular weight excluding hydrogens is 380 g/mol. The van der Waals surface area contributed by atoms with Crippen molar-refractivity contribution in [1.82, 2.24) is 0 Å². The van der Waals surface area contributed by atoms with E-state index < -0.39 is 18.3 Å². The lowest BCUT2D eigenvalue weighted by Gasteiger charge is -2.30. The molecule has 0 N–H and O–H groups in total. The van der Waals surface area contributed by atoms with Crippen LogP contribution in [0.2, 0.25) is 0 Å². The molecule has 0 radical (unpaired) electrons. The molecule has 0 aliphatic heterocycles. The zero-order valence-electron chi connectivity index (χ0n) is 16.5. The van der Waals surface area contributed by atoms with Crippen molar-refractivity contribution in [3.05, 3.63) is 108 Å². The molecule has 0 heterocycles. The molecule has 0 saturated carbocycles. The predicted molar refractivity (Wildman–Crippen MR) is 112 cm³/mol. The second-order valence-corrected chi connectivity index (χ2v) is 6.72. The maximum atomic E-state index is 11.9. The molecule has 0 fully saturated rings. The molecule has 3 atom stereocenters. The van der Waals surface area contributed by atoms with Crippen LogP contribution in [0.25, 0.3) is 0 Å². The van der Waals surface area contributed by atoms with Gasteiger partial charge in [0.25, 0.3) is 6.47 Å². The van der Waals surface area contributed by atoms with Gasteiger partial charge in [-0.25, -0.2) is 0 Å². The van der Waals surface area contributed by atoms with E-state index >= 15 is 0 Å². The van der Waals surface area contributed by atoms with Crippen molar-refractivity contribution in [1.29, 1.82) is 0 Å². The van der Waals surface area contributed by atoms with E-state index in [0.29, 0.717) is 19.4 Å². The molecule has 154 valence electrons. The van der Waals surface area contributed by atoms with E-state index in [1.165, 1.54) is 0 Å². The van der Waals surface area contributed by atoms with Crippen molar-refractivity contribution in [2.45, 2.75) is 31.5 Å². The fourth-order valence-electron chi connectivity index (χ4n) is 3.15. The summed E-state index contributed by atoms with van der Waals surface area (Å²) in [5, 5.41) is 0. The summed E-state index contributed by atoms with van der Waals surface area (Å²) >= 11 is 0. The van der Waals surface area contributed by atoms with Crippen molar-refractivity contribution in [2.24, 2.45) is 0 Å². The molecule has 3 aromatic rings. The zero-order valence-corrected chi connectivity index (χ0v) is 16.5. The quantitative estimate of drug-likeness (QED) is 0.422. The number of hydrogen-bond donors (Lipinski definition) is 0. The lowest BCUT2D eigenvalue weighted by Crippen LogP contribution is -2.39. The number of benzene rings is 3. The highest BCUT2D eigenvalue weighted by molar-refractivity contribution is 5.58. The van der Waals surface area contributed by atoms with E-state index in [4.69, 9.17) is 14.2 Å². The minimum absolute atomic E-state index is 0.211. The first kappa shape index (κ1) is 21.4. The third-order valence-corrected chi connectivity index (χ3v) is 4.65. The number of ether oxygens (including phenoxy) is 3. The smallest absolute Gasteiger partial charge is 0.293 e. The molecule has 5 nitrogen and oxygen atoms in total. The molecule has 0 bridgehead atoms. The van der Waals surface area contributed by atoms with Crippen molar-refractivity contribution >= 4 is 12.8 Å². The summed E-state index contributed by atoms with van der Waals surface area (Å²) in [4.78, 5) is 23.1. The first-order valence-corrected chi connectivity index (χ1v) is 9.72. The Labute approximate surface area is 176 Å². The minimum atomic E-state index is -0.989. The summed E-state index contributed by atoms with van der Waals surface area (Å²) in [6, 6.07) is 28.5. The van der Waals surface area contributed by atoms with Crippen LogP contribution in [-0.4, -0.2) is 25.0 Å². The van der Waals surface area contributed by atoms with Crippen LogP contribution >= 0.6 is 0 Å². The molecule has 3 aromatic carbocycles. The predicted octanol–water partition coefficient (Wildman–Crippen LogP) is 4.27.